The Balaban J connectivity index is 1.96. The van der Waals surface area contributed by atoms with Gasteiger partial charge in [-0.1, -0.05) is 30.7 Å². The molecule has 0 aromatic heterocycles. The number of sulfone groups is 1. The molecule has 0 fully saturated rings. The molecule has 0 saturated carbocycles. The molecule has 0 bridgehead atoms. The molecule has 0 aliphatic heterocycles. The summed E-state index contributed by atoms with van der Waals surface area (Å²) in [5, 5.41) is 2.99. The first-order chi connectivity index (χ1) is 10.9. The van der Waals surface area contributed by atoms with Crippen molar-refractivity contribution in [2.75, 3.05) is 5.75 Å². The van der Waals surface area contributed by atoms with Crippen LogP contribution in [-0.4, -0.2) is 20.1 Å². The molecule has 0 radical (unpaired) electrons. The number of carbonyl (C=O) groups is 1. The molecule has 126 valence electrons. The molecule has 1 N–H and O–H groups in total. The summed E-state index contributed by atoms with van der Waals surface area (Å²) in [5.41, 5.74) is 2.14. The van der Waals surface area contributed by atoms with Gasteiger partial charge in [0.1, 0.15) is 0 Å². The number of hydrogen-bond acceptors (Lipinski definition) is 3. The van der Waals surface area contributed by atoms with Crippen LogP contribution in [0.2, 0.25) is 0 Å². The molecule has 1 aliphatic carbocycles. The molecule has 0 spiro atoms. The largest absolute Gasteiger partial charge is 0.349 e. The maximum absolute atomic E-state index is 12.1. The lowest BCUT2D eigenvalue weighted by atomic mass is 9.97. The zero-order valence-corrected chi connectivity index (χ0v) is 14.7. The fraction of sp³-hybridized carbons (Fsp3) is 0.500. The van der Waals surface area contributed by atoms with Gasteiger partial charge in [-0.25, -0.2) is 8.42 Å². The number of amides is 1. The summed E-state index contributed by atoms with van der Waals surface area (Å²) < 4.78 is 23.6. The first-order valence-electron chi connectivity index (χ1n) is 8.22. The Kier molecular flexibility index (Phi) is 5.99. The smallest absolute Gasteiger partial charge is 0.224 e. The Morgan fingerprint density at radius 3 is 2.48 bits per heavy atom. The molecule has 2 rings (SSSR count). The first kappa shape index (κ1) is 17.7. The van der Waals surface area contributed by atoms with Crippen molar-refractivity contribution >= 4 is 15.7 Å². The van der Waals surface area contributed by atoms with Gasteiger partial charge in [0.2, 0.25) is 5.91 Å². The lowest BCUT2D eigenvalue weighted by Gasteiger charge is -2.17. The molecule has 1 aliphatic rings. The summed E-state index contributed by atoms with van der Waals surface area (Å²) in [6.07, 6.45) is 7.12. The van der Waals surface area contributed by atoms with Crippen LogP contribution in [0.25, 0.3) is 0 Å². The van der Waals surface area contributed by atoms with Crippen LogP contribution in [0, 0.1) is 0 Å². The van der Waals surface area contributed by atoms with Crippen LogP contribution in [0.5, 0.6) is 0 Å². The number of rotatable bonds is 6. The van der Waals surface area contributed by atoms with Gasteiger partial charge in [0.25, 0.3) is 0 Å². The van der Waals surface area contributed by atoms with Gasteiger partial charge in [-0.2, -0.15) is 0 Å². The van der Waals surface area contributed by atoms with Crippen molar-refractivity contribution in [3.05, 3.63) is 41.5 Å². The molecule has 5 heteroatoms. The molecule has 4 nitrogen and oxygen atoms in total. The van der Waals surface area contributed by atoms with Crippen LogP contribution in [0.1, 0.15) is 57.6 Å². The highest BCUT2D eigenvalue weighted by Gasteiger charge is 2.15. The van der Waals surface area contributed by atoms with E-state index in [1.807, 2.05) is 6.92 Å². The fourth-order valence-electron chi connectivity index (χ4n) is 2.78. The lowest BCUT2D eigenvalue weighted by Crippen LogP contribution is -2.27. The fourth-order valence-corrected chi connectivity index (χ4v) is 3.66. The minimum Gasteiger partial charge on any atom is -0.349 e. The zero-order chi connectivity index (χ0) is 16.9. The summed E-state index contributed by atoms with van der Waals surface area (Å²) in [5.74, 6) is 0.115. The highest BCUT2D eigenvalue weighted by molar-refractivity contribution is 7.91. The molecule has 1 aromatic rings. The van der Waals surface area contributed by atoms with Crippen molar-refractivity contribution in [1.29, 1.82) is 0 Å². The van der Waals surface area contributed by atoms with Crippen molar-refractivity contribution in [1.82, 2.24) is 5.32 Å². The van der Waals surface area contributed by atoms with Gasteiger partial charge in [0.05, 0.1) is 16.7 Å². The van der Waals surface area contributed by atoms with Crippen LogP contribution in [-0.2, 0) is 14.6 Å². The quantitative estimate of drug-likeness (QED) is 0.809. The third kappa shape index (κ3) is 4.93. The Morgan fingerprint density at radius 1 is 1.22 bits per heavy atom. The topological polar surface area (TPSA) is 63.2 Å². The van der Waals surface area contributed by atoms with Crippen molar-refractivity contribution in [3.63, 3.8) is 0 Å². The standard InChI is InChI=1S/C18H25NO3S/c1-3-23(21,22)17-11-9-16(10-12-17)14(2)19-18(20)13-15-7-5-4-6-8-15/h7,9-12,14H,3-6,8,13H2,1-2H3,(H,19,20). The molecular formula is C18H25NO3S. The van der Waals surface area contributed by atoms with E-state index in [2.05, 4.69) is 11.4 Å². The number of hydrogen-bond donors (Lipinski definition) is 1. The molecule has 1 aromatic carbocycles. The highest BCUT2D eigenvalue weighted by atomic mass is 32.2. The van der Waals surface area contributed by atoms with Crippen molar-refractivity contribution < 1.29 is 13.2 Å². The summed E-state index contributed by atoms with van der Waals surface area (Å²) in [4.78, 5) is 12.4. The Labute approximate surface area is 138 Å². The predicted octanol–water partition coefficient (Wildman–Crippen LogP) is 3.55. The number of carbonyl (C=O) groups excluding carboxylic acids is 1. The monoisotopic (exact) mass is 335 g/mol. The zero-order valence-electron chi connectivity index (χ0n) is 13.8. The second-order valence-electron chi connectivity index (χ2n) is 6.05. The Bertz CT molecular complexity index is 675. The van der Waals surface area contributed by atoms with E-state index in [1.54, 1.807) is 31.2 Å². The molecule has 23 heavy (non-hydrogen) atoms. The summed E-state index contributed by atoms with van der Waals surface area (Å²) in [6.45, 7) is 3.54. The van der Waals surface area contributed by atoms with Gasteiger partial charge in [-0.15, -0.1) is 0 Å². The predicted molar refractivity (Wildman–Crippen MR) is 91.9 cm³/mol. The van der Waals surface area contributed by atoms with Crippen molar-refractivity contribution in [2.45, 2.75) is 56.9 Å². The summed E-state index contributed by atoms with van der Waals surface area (Å²) >= 11 is 0. The van der Waals surface area contributed by atoms with E-state index in [1.165, 1.54) is 18.4 Å². The molecular weight excluding hydrogens is 310 g/mol. The molecule has 1 amide bonds. The van der Waals surface area contributed by atoms with Crippen LogP contribution in [0.4, 0.5) is 0 Å². The average Bonchev–Trinajstić information content (AvgIpc) is 2.55. The second-order valence-corrected chi connectivity index (χ2v) is 8.32. The Hall–Kier alpha value is -1.62. The van der Waals surface area contributed by atoms with Gasteiger partial charge in [0, 0.05) is 6.42 Å². The van der Waals surface area contributed by atoms with Crippen LogP contribution >= 0.6 is 0 Å². The molecule has 0 heterocycles. The normalized spacial score (nSPS) is 16.5. The van der Waals surface area contributed by atoms with E-state index in [0.29, 0.717) is 11.3 Å². The SMILES string of the molecule is CCS(=O)(=O)c1ccc(C(C)NC(=O)CC2=CCCCC2)cc1. The average molecular weight is 335 g/mol. The Morgan fingerprint density at radius 2 is 1.91 bits per heavy atom. The van der Waals surface area contributed by atoms with E-state index in [4.69, 9.17) is 0 Å². The van der Waals surface area contributed by atoms with Gasteiger partial charge in [-0.3, -0.25) is 4.79 Å². The first-order valence-corrected chi connectivity index (χ1v) is 9.87. The van der Waals surface area contributed by atoms with Gasteiger partial charge in [-0.05, 0) is 50.3 Å². The molecule has 0 saturated heterocycles. The van der Waals surface area contributed by atoms with E-state index in [9.17, 15) is 13.2 Å². The van der Waals surface area contributed by atoms with E-state index in [-0.39, 0.29) is 17.7 Å². The third-order valence-electron chi connectivity index (χ3n) is 4.27. The van der Waals surface area contributed by atoms with E-state index in [0.717, 1.165) is 18.4 Å². The second kappa shape index (κ2) is 7.77. The van der Waals surface area contributed by atoms with Gasteiger partial charge >= 0.3 is 0 Å². The number of benzene rings is 1. The van der Waals surface area contributed by atoms with E-state index < -0.39 is 9.84 Å². The van der Waals surface area contributed by atoms with Crippen LogP contribution in [0.3, 0.4) is 0 Å². The minimum atomic E-state index is -3.18. The van der Waals surface area contributed by atoms with Gasteiger partial charge < -0.3 is 5.32 Å². The van der Waals surface area contributed by atoms with Crippen molar-refractivity contribution in [2.24, 2.45) is 0 Å². The maximum atomic E-state index is 12.1. The third-order valence-corrected chi connectivity index (χ3v) is 6.02. The number of nitrogens with one attached hydrogen (secondary N) is 1. The molecule has 1 unspecified atom stereocenters. The maximum Gasteiger partial charge on any atom is 0.224 e. The number of allylic oxidation sites excluding steroid dienone is 1. The summed E-state index contributed by atoms with van der Waals surface area (Å²) in [7, 11) is -3.18. The minimum absolute atomic E-state index is 0.0240. The van der Waals surface area contributed by atoms with Crippen molar-refractivity contribution in [3.8, 4) is 0 Å². The van der Waals surface area contributed by atoms with E-state index >= 15 is 0 Å². The lowest BCUT2D eigenvalue weighted by molar-refractivity contribution is -0.121. The van der Waals surface area contributed by atoms with Gasteiger partial charge in [0.15, 0.2) is 9.84 Å². The highest BCUT2D eigenvalue weighted by Crippen LogP contribution is 2.21. The van der Waals surface area contributed by atoms with Crippen LogP contribution < -0.4 is 5.32 Å². The molecule has 1 atom stereocenters. The van der Waals surface area contributed by atoms with Crippen LogP contribution in [0.15, 0.2) is 40.8 Å². The summed E-state index contributed by atoms with van der Waals surface area (Å²) in [6, 6.07) is 6.63.